The van der Waals surface area contributed by atoms with Crippen LogP contribution in [0.5, 0.6) is 0 Å². The summed E-state index contributed by atoms with van der Waals surface area (Å²) in [5.41, 5.74) is 0. The number of esters is 4. The molecule has 0 aliphatic heterocycles. The monoisotopic (exact) mass is 1480 g/mol. The lowest BCUT2D eigenvalue weighted by Gasteiger charge is -2.21. The van der Waals surface area contributed by atoms with Gasteiger partial charge in [0.2, 0.25) is 0 Å². The molecular weight excluding hydrogens is 1330 g/mol. The van der Waals surface area contributed by atoms with Crippen molar-refractivity contribution in [2.24, 2.45) is 0 Å². The van der Waals surface area contributed by atoms with Crippen LogP contribution in [0.3, 0.4) is 0 Å². The first-order chi connectivity index (χ1) is 49.7. The average molecular weight is 1480 g/mol. The van der Waals surface area contributed by atoms with Crippen molar-refractivity contribution in [3.05, 3.63) is 72.9 Å². The lowest BCUT2D eigenvalue weighted by atomic mass is 10.0. The summed E-state index contributed by atoms with van der Waals surface area (Å²) < 4.78 is 68.6. The maximum Gasteiger partial charge on any atom is 0.472 e. The molecule has 0 saturated heterocycles. The van der Waals surface area contributed by atoms with Crippen LogP contribution in [-0.2, 0) is 65.4 Å². The van der Waals surface area contributed by atoms with Gasteiger partial charge < -0.3 is 33.8 Å². The Balaban J connectivity index is 5.38. The van der Waals surface area contributed by atoms with Gasteiger partial charge >= 0.3 is 39.5 Å². The van der Waals surface area contributed by atoms with Crippen molar-refractivity contribution in [1.82, 2.24) is 0 Å². The molecule has 102 heavy (non-hydrogen) atoms. The summed E-state index contributed by atoms with van der Waals surface area (Å²) >= 11 is 0. The molecule has 5 atom stereocenters. The molecule has 0 spiro atoms. The molecule has 3 N–H and O–H groups in total. The molecule has 0 aromatic heterocycles. The Morgan fingerprint density at radius 2 is 0.500 bits per heavy atom. The van der Waals surface area contributed by atoms with Gasteiger partial charge in [0.15, 0.2) is 12.2 Å². The number of phosphoric ester groups is 2. The highest BCUT2D eigenvalue weighted by Crippen LogP contribution is 2.45. The molecule has 0 aliphatic carbocycles. The van der Waals surface area contributed by atoms with E-state index in [0.29, 0.717) is 32.1 Å². The zero-order valence-electron chi connectivity index (χ0n) is 65.0. The van der Waals surface area contributed by atoms with E-state index in [4.69, 9.17) is 37.0 Å². The minimum atomic E-state index is -4.99. The number of phosphoric acid groups is 2. The van der Waals surface area contributed by atoms with Gasteiger partial charge in [-0.15, -0.1) is 0 Å². The van der Waals surface area contributed by atoms with E-state index in [1.54, 1.807) is 0 Å². The summed E-state index contributed by atoms with van der Waals surface area (Å²) in [7, 11) is -9.96. The van der Waals surface area contributed by atoms with Gasteiger partial charge in [-0.25, -0.2) is 9.13 Å². The summed E-state index contributed by atoms with van der Waals surface area (Å²) in [5.74, 6) is -2.24. The Kier molecular flexibility index (Phi) is 73.1. The quantitative estimate of drug-likeness (QED) is 0.0169. The number of carbonyl (C=O) groups excluding carboxylic acids is 4. The van der Waals surface area contributed by atoms with E-state index in [-0.39, 0.29) is 25.7 Å². The molecule has 594 valence electrons. The van der Waals surface area contributed by atoms with Crippen LogP contribution >= 0.6 is 15.6 Å². The fourth-order valence-corrected chi connectivity index (χ4v) is 13.0. The molecule has 0 amide bonds. The number of hydrogen-bond donors (Lipinski definition) is 3. The van der Waals surface area contributed by atoms with Crippen LogP contribution < -0.4 is 0 Å². The molecule has 0 aromatic rings. The summed E-state index contributed by atoms with van der Waals surface area (Å²) in [6.07, 6.45) is 77.4. The number of allylic oxidation sites excluding steroid dienone is 12. The van der Waals surface area contributed by atoms with Crippen LogP contribution in [0.15, 0.2) is 72.9 Å². The van der Waals surface area contributed by atoms with E-state index < -0.39 is 97.5 Å². The first kappa shape index (κ1) is 98.5. The molecule has 0 bridgehead atoms. The van der Waals surface area contributed by atoms with Crippen LogP contribution in [0.2, 0.25) is 0 Å². The molecule has 0 radical (unpaired) electrons. The Morgan fingerprint density at radius 3 is 0.833 bits per heavy atom. The Morgan fingerprint density at radius 1 is 0.275 bits per heavy atom. The molecule has 2 unspecified atom stereocenters. The van der Waals surface area contributed by atoms with Gasteiger partial charge in [-0.05, 0) is 89.9 Å². The van der Waals surface area contributed by atoms with E-state index in [9.17, 15) is 43.2 Å². The van der Waals surface area contributed by atoms with Crippen LogP contribution in [0, 0.1) is 0 Å². The van der Waals surface area contributed by atoms with Crippen molar-refractivity contribution in [3.8, 4) is 0 Å². The summed E-state index contributed by atoms with van der Waals surface area (Å²) in [4.78, 5) is 73.0. The number of hydrogen-bond acceptors (Lipinski definition) is 15. The lowest BCUT2D eigenvalue weighted by Crippen LogP contribution is -2.30. The summed E-state index contributed by atoms with van der Waals surface area (Å²) in [5, 5.41) is 10.6. The zero-order chi connectivity index (χ0) is 74.6. The number of ether oxygens (including phenoxy) is 4. The summed E-state index contributed by atoms with van der Waals surface area (Å²) in [6, 6.07) is 0. The van der Waals surface area contributed by atoms with Gasteiger partial charge in [0.25, 0.3) is 0 Å². The average Bonchev–Trinajstić information content (AvgIpc) is 0.920. The molecule has 0 heterocycles. The van der Waals surface area contributed by atoms with Crippen molar-refractivity contribution in [1.29, 1.82) is 0 Å². The van der Waals surface area contributed by atoms with Gasteiger partial charge in [-0.3, -0.25) is 37.3 Å². The maximum absolute atomic E-state index is 13.1. The standard InChI is InChI=1S/C83H150O17P2/c1-5-9-13-17-21-25-29-33-36-37-38-39-42-44-48-52-56-60-64-68-81(86)94-74-79(100-83(88)70-66-62-58-54-50-46-41-35-31-27-23-19-15-11-7-3)76-98-102(91,92)96-72-77(84)71-95-101(89,90)97-75-78(73-93-80(85)67-63-59-55-51-47-43-32-28-24-20-16-12-8-4)99-82(87)69-65-61-57-53-49-45-40-34-30-26-22-18-14-10-6-2/h21,25,28,32-33,36,38-39,44,48,56,60,77-79,84H,5-20,22-24,26-27,29-31,34-35,37,40-43,45-47,49-55,57-59,61-76H2,1-4H3,(H,89,90)(H,91,92)/b25-21-,32-28-,36-33-,39-38-,48-44-,60-56-/t77-,78+,79+/m0/s1. The number of aliphatic hydroxyl groups is 1. The van der Waals surface area contributed by atoms with E-state index >= 15 is 0 Å². The third-order valence-electron chi connectivity index (χ3n) is 17.7. The van der Waals surface area contributed by atoms with Crippen LogP contribution in [0.25, 0.3) is 0 Å². The van der Waals surface area contributed by atoms with Gasteiger partial charge in [-0.1, -0.05) is 332 Å². The van der Waals surface area contributed by atoms with E-state index in [1.165, 1.54) is 173 Å². The highest BCUT2D eigenvalue weighted by molar-refractivity contribution is 7.47. The van der Waals surface area contributed by atoms with Crippen molar-refractivity contribution in [3.63, 3.8) is 0 Å². The van der Waals surface area contributed by atoms with Gasteiger partial charge in [0, 0.05) is 25.7 Å². The SMILES string of the molecule is CCCCC/C=C\C/C=C\C/C=C\C/C=C\C/C=C\CCC(=O)OC[C@H](COP(=O)(O)OC[C@@H](O)COP(=O)(O)OC[C@@H](COC(=O)CCCCCCC/C=C\CCCCCC)OC(=O)CCCCCCCCCCCCCCCCC)OC(=O)CCCCCCCCCCCCCCCCC. The molecule has 0 saturated carbocycles. The van der Waals surface area contributed by atoms with Crippen molar-refractivity contribution < 1.29 is 80.2 Å². The van der Waals surface area contributed by atoms with Crippen LogP contribution in [0.4, 0.5) is 0 Å². The second-order valence-electron chi connectivity index (χ2n) is 27.7. The predicted molar refractivity (Wildman–Crippen MR) is 418 cm³/mol. The number of unbranched alkanes of at least 4 members (excludes halogenated alkanes) is 40. The summed E-state index contributed by atoms with van der Waals surface area (Å²) in [6.45, 7) is 4.82. The predicted octanol–water partition coefficient (Wildman–Crippen LogP) is 24.0. The first-order valence-corrected chi connectivity index (χ1v) is 44.2. The van der Waals surface area contributed by atoms with Gasteiger partial charge in [0.05, 0.1) is 26.4 Å². The molecule has 0 fully saturated rings. The number of rotatable bonds is 78. The van der Waals surface area contributed by atoms with E-state index in [2.05, 4.69) is 88.5 Å². The minimum Gasteiger partial charge on any atom is -0.462 e. The number of carbonyl (C=O) groups is 4. The largest absolute Gasteiger partial charge is 0.472 e. The third-order valence-corrected chi connectivity index (χ3v) is 19.6. The van der Waals surface area contributed by atoms with Crippen LogP contribution in [-0.4, -0.2) is 96.7 Å². The first-order valence-electron chi connectivity index (χ1n) is 41.2. The second kappa shape index (κ2) is 75.7. The van der Waals surface area contributed by atoms with Crippen molar-refractivity contribution in [2.75, 3.05) is 39.6 Å². The second-order valence-corrected chi connectivity index (χ2v) is 30.6. The third kappa shape index (κ3) is 74.8. The van der Waals surface area contributed by atoms with Gasteiger partial charge in [-0.2, -0.15) is 0 Å². The van der Waals surface area contributed by atoms with Crippen LogP contribution in [0.1, 0.15) is 374 Å². The van der Waals surface area contributed by atoms with Gasteiger partial charge in [0.1, 0.15) is 19.3 Å². The maximum atomic E-state index is 13.1. The minimum absolute atomic E-state index is 0.0422. The topological polar surface area (TPSA) is 237 Å². The number of aliphatic hydroxyl groups excluding tert-OH is 1. The molecule has 0 rings (SSSR count). The molecule has 0 aromatic carbocycles. The highest BCUT2D eigenvalue weighted by Gasteiger charge is 2.30. The normalized spacial score (nSPS) is 14.2. The zero-order valence-corrected chi connectivity index (χ0v) is 66.8. The van der Waals surface area contributed by atoms with Crippen molar-refractivity contribution >= 4 is 39.5 Å². The van der Waals surface area contributed by atoms with Crippen molar-refractivity contribution in [2.45, 2.75) is 393 Å². The Labute approximate surface area is 622 Å². The molecule has 0 aliphatic rings. The van der Waals surface area contributed by atoms with E-state index in [1.807, 2.05) is 12.2 Å². The smallest absolute Gasteiger partial charge is 0.462 e. The Bertz CT molecular complexity index is 2210. The highest BCUT2D eigenvalue weighted by atomic mass is 31.2. The lowest BCUT2D eigenvalue weighted by molar-refractivity contribution is -0.161. The Hall–Kier alpha value is -3.50. The van der Waals surface area contributed by atoms with E-state index in [0.717, 1.165) is 116 Å². The fraction of sp³-hybridized carbons (Fsp3) is 0.807. The molecular formula is C83H150O17P2. The fourth-order valence-electron chi connectivity index (χ4n) is 11.4. The molecule has 17 nitrogen and oxygen atoms in total. The molecule has 19 heteroatoms.